The fourth-order valence-corrected chi connectivity index (χ4v) is 4.37. The number of halogens is 1. The van der Waals surface area contributed by atoms with Crippen molar-refractivity contribution in [1.29, 1.82) is 0 Å². The lowest BCUT2D eigenvalue weighted by Crippen LogP contribution is -2.52. The Morgan fingerprint density at radius 1 is 1.00 bits per heavy atom. The predicted molar refractivity (Wildman–Crippen MR) is 126 cm³/mol. The molecule has 31 heavy (non-hydrogen) atoms. The minimum absolute atomic E-state index is 0.0113. The molecule has 2 amide bonds. The van der Waals surface area contributed by atoms with Crippen LogP contribution in [0.3, 0.4) is 0 Å². The fourth-order valence-electron chi connectivity index (χ4n) is 4.24. The molecule has 1 N–H and O–H groups in total. The molecule has 1 aliphatic rings. The van der Waals surface area contributed by atoms with Crippen LogP contribution in [0.2, 0.25) is 5.02 Å². The van der Waals surface area contributed by atoms with Crippen molar-refractivity contribution in [2.45, 2.75) is 76.9 Å². The summed E-state index contributed by atoms with van der Waals surface area (Å²) in [5.41, 5.74) is 2.02. The Morgan fingerprint density at radius 2 is 1.68 bits per heavy atom. The van der Waals surface area contributed by atoms with E-state index in [0.717, 1.165) is 43.2 Å². The first-order chi connectivity index (χ1) is 15.1. The Morgan fingerprint density at radius 3 is 2.32 bits per heavy atom. The summed E-state index contributed by atoms with van der Waals surface area (Å²) >= 11 is 6.04. The third-order valence-corrected chi connectivity index (χ3v) is 6.20. The minimum Gasteiger partial charge on any atom is -0.352 e. The van der Waals surface area contributed by atoms with Gasteiger partial charge in [0.1, 0.15) is 6.04 Å². The molecule has 0 unspecified atom stereocenters. The van der Waals surface area contributed by atoms with E-state index in [1.807, 2.05) is 61.5 Å². The molecular weight excluding hydrogens is 408 g/mol. The molecule has 0 heterocycles. The van der Waals surface area contributed by atoms with Gasteiger partial charge in [-0.05, 0) is 42.5 Å². The molecule has 5 heteroatoms. The molecule has 3 rings (SSSR count). The van der Waals surface area contributed by atoms with Crippen LogP contribution in [0, 0.1) is 0 Å². The molecule has 1 aliphatic carbocycles. The summed E-state index contributed by atoms with van der Waals surface area (Å²) in [7, 11) is 0. The lowest BCUT2D eigenvalue weighted by Gasteiger charge is -2.33. The zero-order valence-corrected chi connectivity index (χ0v) is 19.1. The largest absolute Gasteiger partial charge is 0.352 e. The number of hydrogen-bond donors (Lipinski definition) is 1. The van der Waals surface area contributed by atoms with Crippen LogP contribution < -0.4 is 5.32 Å². The number of hydrogen-bond acceptors (Lipinski definition) is 2. The van der Waals surface area contributed by atoms with Gasteiger partial charge in [-0.1, -0.05) is 80.3 Å². The number of nitrogens with one attached hydrogen (secondary N) is 1. The lowest BCUT2D eigenvalue weighted by atomic mass is 9.94. The van der Waals surface area contributed by atoms with E-state index in [1.54, 1.807) is 4.90 Å². The van der Waals surface area contributed by atoms with Crippen LogP contribution in [0.5, 0.6) is 0 Å². The predicted octanol–water partition coefficient (Wildman–Crippen LogP) is 5.53. The van der Waals surface area contributed by atoms with Crippen LogP contribution in [-0.2, 0) is 22.6 Å². The molecule has 0 spiro atoms. The minimum atomic E-state index is -0.543. The molecule has 166 valence electrons. The molecular formula is C26H33ClN2O2. The van der Waals surface area contributed by atoms with Crippen molar-refractivity contribution in [2.75, 3.05) is 0 Å². The van der Waals surface area contributed by atoms with E-state index in [-0.39, 0.29) is 17.9 Å². The summed E-state index contributed by atoms with van der Waals surface area (Å²) < 4.78 is 0. The van der Waals surface area contributed by atoms with E-state index in [0.29, 0.717) is 24.4 Å². The van der Waals surface area contributed by atoms with Gasteiger partial charge in [-0.3, -0.25) is 9.59 Å². The molecule has 0 bridgehead atoms. The van der Waals surface area contributed by atoms with Gasteiger partial charge in [0.05, 0.1) is 0 Å². The van der Waals surface area contributed by atoms with Crippen LogP contribution in [0.4, 0.5) is 0 Å². The zero-order valence-electron chi connectivity index (χ0n) is 18.4. The fraction of sp³-hybridized carbons (Fsp3) is 0.462. The van der Waals surface area contributed by atoms with E-state index in [9.17, 15) is 9.59 Å². The van der Waals surface area contributed by atoms with Crippen LogP contribution >= 0.6 is 11.6 Å². The van der Waals surface area contributed by atoms with E-state index >= 15 is 0 Å². The first-order valence-corrected chi connectivity index (χ1v) is 11.8. The SMILES string of the molecule is CCCC(=O)N(Cc1ccc(Cl)cc1)[C@H](Cc1ccccc1)C(=O)NC1CCCCC1. The number of amides is 2. The zero-order chi connectivity index (χ0) is 22.1. The highest BCUT2D eigenvalue weighted by Gasteiger charge is 2.31. The van der Waals surface area contributed by atoms with Crippen LogP contribution in [0.15, 0.2) is 54.6 Å². The first kappa shape index (κ1) is 23.3. The standard InChI is InChI=1S/C26H33ClN2O2/c1-2-9-25(30)29(19-21-14-16-22(27)17-15-21)24(18-20-10-5-3-6-11-20)26(31)28-23-12-7-4-8-13-23/h3,5-6,10-11,14-17,23-24H,2,4,7-9,12-13,18-19H2,1H3,(H,28,31)/t24-/m1/s1. The molecule has 4 nitrogen and oxygen atoms in total. The van der Waals surface area contributed by atoms with Crippen LogP contribution in [0.1, 0.15) is 63.0 Å². The number of rotatable bonds is 9. The van der Waals surface area contributed by atoms with E-state index in [2.05, 4.69) is 5.32 Å². The summed E-state index contributed by atoms with van der Waals surface area (Å²) in [6.45, 7) is 2.39. The Kier molecular flexibility index (Phi) is 8.96. The van der Waals surface area contributed by atoms with Gasteiger partial charge in [0.25, 0.3) is 0 Å². The van der Waals surface area contributed by atoms with Gasteiger partial charge in [0, 0.05) is 30.5 Å². The van der Waals surface area contributed by atoms with E-state index < -0.39 is 6.04 Å². The van der Waals surface area contributed by atoms with Gasteiger partial charge >= 0.3 is 0 Å². The Hall–Kier alpha value is -2.33. The third kappa shape index (κ3) is 7.10. The van der Waals surface area contributed by atoms with Gasteiger partial charge < -0.3 is 10.2 Å². The number of nitrogens with zero attached hydrogens (tertiary/aromatic N) is 1. The van der Waals surface area contributed by atoms with Crippen molar-refractivity contribution >= 4 is 23.4 Å². The topological polar surface area (TPSA) is 49.4 Å². The average Bonchev–Trinajstić information content (AvgIpc) is 2.79. The number of carbonyl (C=O) groups is 2. The molecule has 1 atom stereocenters. The Bertz CT molecular complexity index is 832. The van der Waals surface area contributed by atoms with Gasteiger partial charge in [0.15, 0.2) is 0 Å². The second-order valence-corrected chi connectivity index (χ2v) is 8.88. The smallest absolute Gasteiger partial charge is 0.243 e. The summed E-state index contributed by atoms with van der Waals surface area (Å²) in [5, 5.41) is 3.92. The quantitative estimate of drug-likeness (QED) is 0.557. The summed E-state index contributed by atoms with van der Waals surface area (Å²) in [6.07, 6.45) is 7.25. The molecule has 0 radical (unpaired) electrons. The lowest BCUT2D eigenvalue weighted by molar-refractivity contribution is -0.141. The maximum Gasteiger partial charge on any atom is 0.243 e. The van der Waals surface area contributed by atoms with Crippen molar-refractivity contribution < 1.29 is 9.59 Å². The molecule has 2 aromatic carbocycles. The van der Waals surface area contributed by atoms with Crippen molar-refractivity contribution in [3.05, 3.63) is 70.7 Å². The molecule has 1 fully saturated rings. The van der Waals surface area contributed by atoms with Gasteiger partial charge in [-0.15, -0.1) is 0 Å². The second-order valence-electron chi connectivity index (χ2n) is 8.45. The van der Waals surface area contributed by atoms with Crippen LogP contribution in [-0.4, -0.2) is 28.8 Å². The highest BCUT2D eigenvalue weighted by atomic mass is 35.5. The second kappa shape index (κ2) is 11.9. The van der Waals surface area contributed by atoms with Crippen molar-refractivity contribution in [2.24, 2.45) is 0 Å². The molecule has 0 saturated heterocycles. The molecule has 0 aromatic heterocycles. The highest BCUT2D eigenvalue weighted by molar-refractivity contribution is 6.30. The summed E-state index contributed by atoms with van der Waals surface area (Å²) in [5.74, 6) is -0.0358. The maximum absolute atomic E-state index is 13.5. The van der Waals surface area contributed by atoms with Crippen LogP contribution in [0.25, 0.3) is 0 Å². The Balaban J connectivity index is 1.87. The third-order valence-electron chi connectivity index (χ3n) is 5.95. The molecule has 0 aliphatic heterocycles. The average molecular weight is 441 g/mol. The number of carbonyl (C=O) groups excluding carboxylic acids is 2. The number of benzene rings is 2. The van der Waals surface area contributed by atoms with Crippen molar-refractivity contribution in [3.63, 3.8) is 0 Å². The molecule has 1 saturated carbocycles. The van der Waals surface area contributed by atoms with E-state index in [4.69, 9.17) is 11.6 Å². The van der Waals surface area contributed by atoms with Gasteiger partial charge in [-0.2, -0.15) is 0 Å². The van der Waals surface area contributed by atoms with Crippen molar-refractivity contribution in [3.8, 4) is 0 Å². The normalized spacial score (nSPS) is 15.3. The highest BCUT2D eigenvalue weighted by Crippen LogP contribution is 2.21. The van der Waals surface area contributed by atoms with Gasteiger partial charge in [-0.25, -0.2) is 0 Å². The van der Waals surface area contributed by atoms with E-state index in [1.165, 1.54) is 6.42 Å². The molecule has 2 aromatic rings. The summed E-state index contributed by atoms with van der Waals surface area (Å²) in [4.78, 5) is 28.4. The van der Waals surface area contributed by atoms with Gasteiger partial charge in [0.2, 0.25) is 11.8 Å². The van der Waals surface area contributed by atoms with Crippen molar-refractivity contribution in [1.82, 2.24) is 10.2 Å². The maximum atomic E-state index is 13.5. The Labute approximate surface area is 191 Å². The monoisotopic (exact) mass is 440 g/mol. The summed E-state index contributed by atoms with van der Waals surface area (Å²) in [6, 6.07) is 17.1. The first-order valence-electron chi connectivity index (χ1n) is 11.4.